The van der Waals surface area contributed by atoms with Crippen molar-refractivity contribution in [2.24, 2.45) is 5.92 Å². The molecule has 1 aliphatic heterocycles. The number of rotatable bonds is 3. The van der Waals surface area contributed by atoms with Crippen LogP contribution in [0.3, 0.4) is 0 Å². The number of carbonyl (C=O) groups excluding carboxylic acids is 1. The Kier molecular flexibility index (Phi) is 5.81. The van der Waals surface area contributed by atoms with E-state index < -0.39 is 41.8 Å². The molecular weight excluding hydrogens is 375 g/mol. The van der Waals surface area contributed by atoms with E-state index in [4.69, 9.17) is 4.74 Å². The van der Waals surface area contributed by atoms with E-state index in [0.29, 0.717) is 12.4 Å². The molecule has 1 saturated heterocycles. The Morgan fingerprint density at radius 3 is 2.37 bits per heavy atom. The first-order valence-corrected chi connectivity index (χ1v) is 8.27. The largest absolute Gasteiger partial charge is 0.444 e. The van der Waals surface area contributed by atoms with Crippen LogP contribution in [0, 0.1) is 5.92 Å². The molecule has 2 rings (SSSR count). The molecule has 1 amide bonds. The molecule has 0 saturated carbocycles. The summed E-state index contributed by atoms with van der Waals surface area (Å²) in [6, 6.07) is 0. The van der Waals surface area contributed by atoms with Gasteiger partial charge in [0.1, 0.15) is 5.60 Å². The zero-order valence-corrected chi connectivity index (χ0v) is 15.1. The maximum absolute atomic E-state index is 14.4. The fourth-order valence-corrected chi connectivity index (χ4v) is 2.50. The minimum Gasteiger partial charge on any atom is -0.444 e. The third-order valence-electron chi connectivity index (χ3n) is 3.88. The number of nitrogens with zero attached hydrogens (tertiary/aromatic N) is 3. The lowest BCUT2D eigenvalue weighted by molar-refractivity contribution is -0.138. The van der Waals surface area contributed by atoms with Crippen LogP contribution >= 0.6 is 0 Å². The second-order valence-electron chi connectivity index (χ2n) is 7.32. The molecule has 0 bridgehead atoms. The van der Waals surface area contributed by atoms with Gasteiger partial charge < -0.3 is 15.0 Å². The summed E-state index contributed by atoms with van der Waals surface area (Å²) in [4.78, 5) is 19.9. The molecule has 152 valence electrons. The van der Waals surface area contributed by atoms with Gasteiger partial charge in [-0.2, -0.15) is 13.2 Å². The molecule has 0 aliphatic carbocycles. The van der Waals surface area contributed by atoms with Gasteiger partial charge in [0.25, 0.3) is 5.92 Å². The zero-order chi connectivity index (χ0) is 20.5. The molecule has 1 aliphatic rings. The predicted octanol–water partition coefficient (Wildman–Crippen LogP) is 3.80. The average Bonchev–Trinajstić information content (AvgIpc) is 2.51. The monoisotopic (exact) mass is 396 g/mol. The summed E-state index contributed by atoms with van der Waals surface area (Å²) in [6.07, 6.45) is -4.21. The van der Waals surface area contributed by atoms with Crippen LogP contribution in [0.4, 0.5) is 32.7 Å². The standard InChI is InChI=1S/C16H21F5N4O2/c1-14(2,3)27-13(26)25-5-4-10(15(17,18)9-25)6-22-12-23-7-11(8-24-12)16(19,20)21/h7-8,10H,4-6,9H2,1-3H3,(H,22,23,24). The van der Waals surface area contributed by atoms with Crippen LogP contribution in [0.2, 0.25) is 0 Å². The second kappa shape index (κ2) is 7.43. The Hall–Kier alpha value is -2.20. The number of ether oxygens (including phenoxy) is 1. The van der Waals surface area contributed by atoms with Crippen LogP contribution in [-0.2, 0) is 10.9 Å². The van der Waals surface area contributed by atoms with Gasteiger partial charge in [0.2, 0.25) is 5.95 Å². The highest BCUT2D eigenvalue weighted by Crippen LogP contribution is 2.34. The quantitative estimate of drug-likeness (QED) is 0.788. The van der Waals surface area contributed by atoms with E-state index in [2.05, 4.69) is 15.3 Å². The molecular formula is C16H21F5N4O2. The van der Waals surface area contributed by atoms with Crippen molar-refractivity contribution in [3.8, 4) is 0 Å². The SMILES string of the molecule is CC(C)(C)OC(=O)N1CCC(CNc2ncc(C(F)(F)F)cn2)C(F)(F)C1. The number of aromatic nitrogens is 2. The number of nitrogens with one attached hydrogen (secondary N) is 1. The topological polar surface area (TPSA) is 67.3 Å². The lowest BCUT2D eigenvalue weighted by atomic mass is 9.93. The molecule has 11 heteroatoms. The fourth-order valence-electron chi connectivity index (χ4n) is 2.50. The van der Waals surface area contributed by atoms with Crippen LogP contribution in [0.5, 0.6) is 0 Å². The molecule has 27 heavy (non-hydrogen) atoms. The summed E-state index contributed by atoms with van der Waals surface area (Å²) < 4.78 is 71.2. The summed E-state index contributed by atoms with van der Waals surface area (Å²) in [7, 11) is 0. The first-order valence-electron chi connectivity index (χ1n) is 8.27. The minimum atomic E-state index is -4.57. The molecule has 0 radical (unpaired) electrons. The maximum Gasteiger partial charge on any atom is 0.419 e. The van der Waals surface area contributed by atoms with Crippen molar-refractivity contribution < 1.29 is 31.5 Å². The van der Waals surface area contributed by atoms with Crippen molar-refractivity contribution in [3.63, 3.8) is 0 Å². The number of alkyl halides is 5. The highest BCUT2D eigenvalue weighted by Gasteiger charge is 2.46. The summed E-state index contributed by atoms with van der Waals surface area (Å²) in [5.74, 6) is -4.48. The number of hydrogen-bond acceptors (Lipinski definition) is 5. The van der Waals surface area contributed by atoms with Gasteiger partial charge in [0.15, 0.2) is 0 Å². The van der Waals surface area contributed by atoms with Crippen LogP contribution in [0.1, 0.15) is 32.8 Å². The predicted molar refractivity (Wildman–Crippen MR) is 86.4 cm³/mol. The summed E-state index contributed by atoms with van der Waals surface area (Å²) in [6.45, 7) is 3.99. The van der Waals surface area contributed by atoms with Crippen molar-refractivity contribution in [1.29, 1.82) is 0 Å². The van der Waals surface area contributed by atoms with Gasteiger partial charge in [-0.3, -0.25) is 0 Å². The number of piperidine rings is 1. The lowest BCUT2D eigenvalue weighted by Crippen LogP contribution is -2.53. The van der Waals surface area contributed by atoms with Crippen molar-refractivity contribution in [3.05, 3.63) is 18.0 Å². The van der Waals surface area contributed by atoms with Gasteiger partial charge in [0.05, 0.1) is 12.1 Å². The number of amides is 1. The van der Waals surface area contributed by atoms with E-state index in [9.17, 15) is 26.7 Å². The van der Waals surface area contributed by atoms with Gasteiger partial charge in [-0.15, -0.1) is 0 Å². The second-order valence-corrected chi connectivity index (χ2v) is 7.32. The van der Waals surface area contributed by atoms with Gasteiger partial charge in [-0.1, -0.05) is 0 Å². The Morgan fingerprint density at radius 1 is 1.30 bits per heavy atom. The molecule has 1 aromatic rings. The first-order chi connectivity index (χ1) is 12.3. The van der Waals surface area contributed by atoms with E-state index in [-0.39, 0.29) is 25.5 Å². The van der Waals surface area contributed by atoms with Gasteiger partial charge in [-0.25, -0.2) is 23.5 Å². The number of halogens is 5. The molecule has 0 spiro atoms. The van der Waals surface area contributed by atoms with Gasteiger partial charge in [0, 0.05) is 31.4 Å². The minimum absolute atomic E-state index is 0.000121. The zero-order valence-electron chi connectivity index (χ0n) is 15.1. The van der Waals surface area contributed by atoms with Crippen LogP contribution < -0.4 is 5.32 Å². The van der Waals surface area contributed by atoms with Crippen LogP contribution in [0.15, 0.2) is 12.4 Å². The highest BCUT2D eigenvalue weighted by atomic mass is 19.4. The fraction of sp³-hybridized carbons (Fsp3) is 0.688. The van der Waals surface area contributed by atoms with Crippen molar-refractivity contribution in [2.75, 3.05) is 25.0 Å². The molecule has 1 aromatic heterocycles. The molecule has 0 aromatic carbocycles. The van der Waals surface area contributed by atoms with Crippen molar-refractivity contribution in [1.82, 2.24) is 14.9 Å². The Morgan fingerprint density at radius 2 is 1.89 bits per heavy atom. The summed E-state index contributed by atoms with van der Waals surface area (Å²) in [5.41, 5.74) is -1.81. The normalized spacial score (nSPS) is 20.3. The molecule has 1 atom stereocenters. The third-order valence-corrected chi connectivity index (χ3v) is 3.88. The number of carbonyl (C=O) groups is 1. The van der Waals surface area contributed by atoms with E-state index >= 15 is 0 Å². The molecule has 1 N–H and O–H groups in total. The Bertz CT molecular complexity index is 658. The molecule has 1 unspecified atom stereocenters. The Balaban J connectivity index is 1.92. The smallest absolute Gasteiger partial charge is 0.419 e. The summed E-state index contributed by atoms with van der Waals surface area (Å²) in [5, 5.41) is 2.53. The third kappa shape index (κ3) is 5.90. The van der Waals surface area contributed by atoms with Crippen molar-refractivity contribution in [2.45, 2.75) is 44.9 Å². The Labute approximate surface area is 153 Å². The van der Waals surface area contributed by atoms with Crippen molar-refractivity contribution >= 4 is 12.0 Å². The molecule has 1 fully saturated rings. The van der Waals surface area contributed by atoms with Gasteiger partial charge >= 0.3 is 12.3 Å². The van der Waals surface area contributed by atoms with E-state index in [1.807, 2.05) is 0 Å². The van der Waals surface area contributed by atoms with Crippen LogP contribution in [0.25, 0.3) is 0 Å². The number of hydrogen-bond donors (Lipinski definition) is 1. The van der Waals surface area contributed by atoms with E-state index in [1.165, 1.54) is 0 Å². The van der Waals surface area contributed by atoms with Crippen LogP contribution in [-0.4, -0.2) is 52.1 Å². The number of likely N-dealkylation sites (tertiary alicyclic amines) is 1. The lowest BCUT2D eigenvalue weighted by Gasteiger charge is -2.38. The maximum atomic E-state index is 14.4. The molecule has 2 heterocycles. The van der Waals surface area contributed by atoms with E-state index in [1.54, 1.807) is 20.8 Å². The molecule has 6 nitrogen and oxygen atoms in total. The average molecular weight is 396 g/mol. The number of anilines is 1. The summed E-state index contributed by atoms with van der Waals surface area (Å²) >= 11 is 0. The van der Waals surface area contributed by atoms with E-state index in [0.717, 1.165) is 4.90 Å². The first kappa shape index (κ1) is 21.1. The van der Waals surface area contributed by atoms with Gasteiger partial charge in [-0.05, 0) is 27.2 Å². The highest BCUT2D eigenvalue weighted by molar-refractivity contribution is 5.68.